The standard InChI is InChI=1S/C20H16N2O7/c1-11(23)13-6-17-18(28-10-27-17)7-14(13)21-19(24)9-26-20(25)8-15-12-4-2-3-5-16(12)29-22-15/h2-7H,8-10H2,1H3,(H,21,24). The molecule has 0 bridgehead atoms. The van der Waals surface area contributed by atoms with Crippen molar-refractivity contribution in [2.24, 2.45) is 0 Å². The minimum absolute atomic E-state index is 0.0401. The molecular formula is C20H16N2O7. The minimum Gasteiger partial charge on any atom is -0.455 e. The van der Waals surface area contributed by atoms with Crippen molar-refractivity contribution in [2.45, 2.75) is 13.3 Å². The topological polar surface area (TPSA) is 117 Å². The van der Waals surface area contributed by atoms with Gasteiger partial charge in [0.1, 0.15) is 5.69 Å². The fourth-order valence-electron chi connectivity index (χ4n) is 2.92. The Balaban J connectivity index is 1.38. The number of amides is 1. The zero-order valence-corrected chi connectivity index (χ0v) is 15.4. The largest absolute Gasteiger partial charge is 0.455 e. The molecule has 0 aliphatic carbocycles. The molecule has 0 atom stereocenters. The Bertz CT molecular complexity index is 1120. The van der Waals surface area contributed by atoms with Gasteiger partial charge in [0, 0.05) is 17.0 Å². The summed E-state index contributed by atoms with van der Waals surface area (Å²) in [6.07, 6.45) is -0.132. The van der Waals surface area contributed by atoms with Gasteiger partial charge in [-0.3, -0.25) is 14.4 Å². The van der Waals surface area contributed by atoms with Crippen LogP contribution in [-0.4, -0.2) is 36.2 Å². The fourth-order valence-corrected chi connectivity index (χ4v) is 2.92. The molecule has 0 saturated carbocycles. The van der Waals surface area contributed by atoms with E-state index in [1.807, 2.05) is 0 Å². The third-order valence-electron chi connectivity index (χ3n) is 4.29. The third-order valence-corrected chi connectivity index (χ3v) is 4.29. The Morgan fingerprint density at radius 2 is 1.90 bits per heavy atom. The van der Waals surface area contributed by atoms with E-state index in [0.29, 0.717) is 28.2 Å². The van der Waals surface area contributed by atoms with E-state index in [0.717, 1.165) is 0 Å². The van der Waals surface area contributed by atoms with E-state index in [4.69, 9.17) is 18.7 Å². The normalized spacial score (nSPS) is 12.0. The second kappa shape index (κ2) is 7.63. The lowest BCUT2D eigenvalue weighted by Crippen LogP contribution is -2.22. The van der Waals surface area contributed by atoms with Crippen molar-refractivity contribution in [2.75, 3.05) is 18.7 Å². The number of hydrogen-bond donors (Lipinski definition) is 1. The molecule has 1 aliphatic rings. The average molecular weight is 396 g/mol. The fraction of sp³-hybridized carbons (Fsp3) is 0.200. The van der Waals surface area contributed by atoms with E-state index in [9.17, 15) is 14.4 Å². The smallest absolute Gasteiger partial charge is 0.312 e. The Kier molecular flexibility index (Phi) is 4.86. The summed E-state index contributed by atoms with van der Waals surface area (Å²) in [7, 11) is 0. The van der Waals surface area contributed by atoms with Crippen LogP contribution in [0.2, 0.25) is 0 Å². The number of anilines is 1. The summed E-state index contributed by atoms with van der Waals surface area (Å²) < 4.78 is 20.7. The van der Waals surface area contributed by atoms with E-state index in [1.54, 1.807) is 24.3 Å². The highest BCUT2D eigenvalue weighted by Gasteiger charge is 2.21. The molecule has 0 spiro atoms. The summed E-state index contributed by atoms with van der Waals surface area (Å²) in [5, 5.41) is 7.12. The second-order valence-corrected chi connectivity index (χ2v) is 6.32. The predicted molar refractivity (Wildman–Crippen MR) is 99.9 cm³/mol. The maximum Gasteiger partial charge on any atom is 0.312 e. The number of esters is 1. The third kappa shape index (κ3) is 3.88. The number of ether oxygens (including phenoxy) is 3. The number of Topliss-reactive ketones (excluding diaryl/α,β-unsaturated/α-hetero) is 1. The number of nitrogens with zero attached hydrogens (tertiary/aromatic N) is 1. The summed E-state index contributed by atoms with van der Waals surface area (Å²) in [4.78, 5) is 36.1. The zero-order chi connectivity index (χ0) is 20.4. The summed E-state index contributed by atoms with van der Waals surface area (Å²) in [6, 6.07) is 10.1. The molecule has 1 N–H and O–H groups in total. The SMILES string of the molecule is CC(=O)c1cc2c(cc1NC(=O)COC(=O)Cc1noc3ccccc13)OCO2. The molecule has 0 radical (unpaired) electrons. The monoisotopic (exact) mass is 396 g/mol. The highest BCUT2D eigenvalue weighted by molar-refractivity contribution is 6.05. The number of rotatable bonds is 6. The maximum absolute atomic E-state index is 12.2. The van der Waals surface area contributed by atoms with Crippen LogP contribution in [-0.2, 0) is 20.7 Å². The number of nitrogens with one attached hydrogen (secondary N) is 1. The molecule has 1 aromatic heterocycles. The molecule has 0 unspecified atom stereocenters. The van der Waals surface area contributed by atoms with Crippen LogP contribution in [0.4, 0.5) is 5.69 Å². The van der Waals surface area contributed by atoms with E-state index in [1.165, 1.54) is 19.1 Å². The average Bonchev–Trinajstić information content (AvgIpc) is 3.32. The van der Waals surface area contributed by atoms with Crippen molar-refractivity contribution >= 4 is 34.3 Å². The van der Waals surface area contributed by atoms with Crippen LogP contribution in [0.5, 0.6) is 11.5 Å². The van der Waals surface area contributed by atoms with Crippen LogP contribution in [0.25, 0.3) is 11.0 Å². The van der Waals surface area contributed by atoms with Gasteiger partial charge in [-0.1, -0.05) is 17.3 Å². The van der Waals surface area contributed by atoms with Crippen molar-refractivity contribution in [3.8, 4) is 11.5 Å². The molecule has 9 heteroatoms. The molecule has 1 amide bonds. The van der Waals surface area contributed by atoms with Crippen molar-refractivity contribution in [3.05, 3.63) is 47.7 Å². The number of hydrogen-bond acceptors (Lipinski definition) is 8. The van der Waals surface area contributed by atoms with Crippen LogP contribution in [0.3, 0.4) is 0 Å². The summed E-state index contributed by atoms with van der Waals surface area (Å²) in [5.41, 5.74) is 1.52. The van der Waals surface area contributed by atoms with Gasteiger partial charge < -0.3 is 24.1 Å². The number of carbonyl (C=O) groups is 3. The summed E-state index contributed by atoms with van der Waals surface area (Å²) in [5.74, 6) is -0.630. The first-order chi connectivity index (χ1) is 14.0. The van der Waals surface area contributed by atoms with Gasteiger partial charge in [0.05, 0.1) is 12.1 Å². The van der Waals surface area contributed by atoms with E-state index >= 15 is 0 Å². The quantitative estimate of drug-likeness (QED) is 0.499. The molecule has 1 aliphatic heterocycles. The number of carbonyl (C=O) groups excluding carboxylic acids is 3. The van der Waals surface area contributed by atoms with Crippen molar-refractivity contribution in [3.63, 3.8) is 0 Å². The van der Waals surface area contributed by atoms with Gasteiger partial charge >= 0.3 is 5.97 Å². The van der Waals surface area contributed by atoms with Gasteiger partial charge in [-0.05, 0) is 25.1 Å². The highest BCUT2D eigenvalue weighted by atomic mass is 16.7. The number of para-hydroxylation sites is 1. The molecular weight excluding hydrogens is 380 g/mol. The molecule has 3 aromatic rings. The van der Waals surface area contributed by atoms with Crippen molar-refractivity contribution in [1.29, 1.82) is 0 Å². The molecule has 0 saturated heterocycles. The van der Waals surface area contributed by atoms with Gasteiger partial charge in [0.15, 0.2) is 29.5 Å². The van der Waals surface area contributed by atoms with Crippen LogP contribution in [0, 0.1) is 0 Å². The van der Waals surface area contributed by atoms with E-state index in [2.05, 4.69) is 10.5 Å². The number of ketones is 1. The predicted octanol–water partition coefficient (Wildman–Crippen LogP) is 2.48. The number of fused-ring (bicyclic) bond motifs is 2. The maximum atomic E-state index is 12.2. The molecule has 2 aromatic carbocycles. The summed E-state index contributed by atoms with van der Waals surface area (Å²) >= 11 is 0. The lowest BCUT2D eigenvalue weighted by Gasteiger charge is -2.11. The molecule has 2 heterocycles. The molecule has 9 nitrogen and oxygen atoms in total. The van der Waals surface area contributed by atoms with Crippen LogP contribution in [0.1, 0.15) is 23.0 Å². The lowest BCUT2D eigenvalue weighted by molar-refractivity contribution is -0.146. The Morgan fingerprint density at radius 1 is 1.14 bits per heavy atom. The van der Waals surface area contributed by atoms with Gasteiger partial charge in [0.25, 0.3) is 5.91 Å². The first-order valence-corrected chi connectivity index (χ1v) is 8.74. The van der Waals surface area contributed by atoms with Crippen LogP contribution < -0.4 is 14.8 Å². The van der Waals surface area contributed by atoms with Crippen molar-refractivity contribution < 1.29 is 33.1 Å². The summed E-state index contributed by atoms with van der Waals surface area (Å²) in [6.45, 7) is 0.897. The van der Waals surface area contributed by atoms with Crippen molar-refractivity contribution in [1.82, 2.24) is 5.16 Å². The first kappa shape index (κ1) is 18.5. The van der Waals surface area contributed by atoms with E-state index < -0.39 is 18.5 Å². The molecule has 0 fully saturated rings. The second-order valence-electron chi connectivity index (χ2n) is 6.32. The first-order valence-electron chi connectivity index (χ1n) is 8.74. The Hall–Kier alpha value is -3.88. The van der Waals surface area contributed by atoms with Gasteiger partial charge in [-0.15, -0.1) is 0 Å². The van der Waals surface area contributed by atoms with E-state index in [-0.39, 0.29) is 30.2 Å². The lowest BCUT2D eigenvalue weighted by atomic mass is 10.1. The number of aromatic nitrogens is 1. The van der Waals surface area contributed by atoms with Gasteiger partial charge in [-0.25, -0.2) is 0 Å². The Labute approximate surface area is 164 Å². The Morgan fingerprint density at radius 3 is 2.69 bits per heavy atom. The van der Waals surface area contributed by atoms with Crippen LogP contribution in [0.15, 0.2) is 40.9 Å². The molecule has 29 heavy (non-hydrogen) atoms. The van der Waals surface area contributed by atoms with Gasteiger partial charge in [-0.2, -0.15) is 0 Å². The van der Waals surface area contributed by atoms with Gasteiger partial charge in [0.2, 0.25) is 6.79 Å². The highest BCUT2D eigenvalue weighted by Crippen LogP contribution is 2.37. The number of benzene rings is 2. The minimum atomic E-state index is -0.628. The van der Waals surface area contributed by atoms with Crippen LogP contribution >= 0.6 is 0 Å². The molecule has 4 rings (SSSR count). The molecule has 148 valence electrons. The zero-order valence-electron chi connectivity index (χ0n) is 15.4.